The summed E-state index contributed by atoms with van der Waals surface area (Å²) in [6, 6.07) is 5.05. The highest BCUT2D eigenvalue weighted by Gasteiger charge is 2.10. The van der Waals surface area contributed by atoms with Crippen LogP contribution in [0, 0.1) is 6.92 Å². The second-order valence-corrected chi connectivity index (χ2v) is 6.01. The summed E-state index contributed by atoms with van der Waals surface area (Å²) in [7, 11) is 0. The Kier molecular flexibility index (Phi) is 4.79. The largest absolute Gasteiger partial charge is 0.399 e. The molecule has 1 amide bonds. The summed E-state index contributed by atoms with van der Waals surface area (Å²) >= 11 is 6.47. The van der Waals surface area contributed by atoms with Crippen LogP contribution in [-0.4, -0.2) is 15.5 Å². The molecule has 0 aliphatic rings. The number of anilines is 2. The maximum absolute atomic E-state index is 12.0. The SMILES string of the molecule is Cc1ncn(CC(=O)Nc2ccc(N)cc2Br)c(=O)c1Br. The van der Waals surface area contributed by atoms with Crippen molar-refractivity contribution < 1.29 is 4.79 Å². The molecule has 0 unspecified atom stereocenters. The quantitative estimate of drug-likeness (QED) is 0.752. The van der Waals surface area contributed by atoms with Crippen LogP contribution in [-0.2, 0) is 11.3 Å². The molecule has 2 aromatic rings. The first-order valence-electron chi connectivity index (χ1n) is 5.95. The number of nitrogens with zero attached hydrogens (tertiary/aromatic N) is 2. The second-order valence-electron chi connectivity index (χ2n) is 4.36. The van der Waals surface area contributed by atoms with Crippen LogP contribution in [0.5, 0.6) is 0 Å². The number of carbonyl (C=O) groups excluding carboxylic acids is 1. The predicted molar refractivity (Wildman–Crippen MR) is 88.1 cm³/mol. The van der Waals surface area contributed by atoms with Gasteiger partial charge in [0.2, 0.25) is 5.91 Å². The first-order valence-corrected chi connectivity index (χ1v) is 7.53. The highest BCUT2D eigenvalue weighted by atomic mass is 79.9. The lowest BCUT2D eigenvalue weighted by Gasteiger charge is -2.10. The lowest BCUT2D eigenvalue weighted by molar-refractivity contribution is -0.116. The third kappa shape index (κ3) is 3.70. The summed E-state index contributed by atoms with van der Waals surface area (Å²) in [6.45, 7) is 1.59. The Morgan fingerprint density at radius 2 is 2.14 bits per heavy atom. The van der Waals surface area contributed by atoms with Crippen molar-refractivity contribution in [1.82, 2.24) is 9.55 Å². The zero-order valence-electron chi connectivity index (χ0n) is 11.1. The average Bonchev–Trinajstić information content (AvgIpc) is 2.43. The van der Waals surface area contributed by atoms with Gasteiger partial charge in [-0.05, 0) is 57.0 Å². The van der Waals surface area contributed by atoms with Crippen LogP contribution in [0.1, 0.15) is 5.69 Å². The Balaban J connectivity index is 2.16. The number of hydrogen-bond donors (Lipinski definition) is 2. The minimum Gasteiger partial charge on any atom is -0.399 e. The molecule has 1 aromatic carbocycles. The van der Waals surface area contributed by atoms with Gasteiger partial charge < -0.3 is 11.1 Å². The van der Waals surface area contributed by atoms with Crippen LogP contribution in [0.2, 0.25) is 0 Å². The Morgan fingerprint density at radius 3 is 2.81 bits per heavy atom. The summed E-state index contributed by atoms with van der Waals surface area (Å²) in [5.41, 5.74) is 7.09. The van der Waals surface area contributed by atoms with Gasteiger partial charge in [0.25, 0.3) is 5.56 Å². The topological polar surface area (TPSA) is 90.0 Å². The van der Waals surface area contributed by atoms with Crippen LogP contribution in [0.15, 0.2) is 38.3 Å². The number of hydrogen-bond acceptors (Lipinski definition) is 4. The van der Waals surface area contributed by atoms with E-state index in [1.165, 1.54) is 10.9 Å². The lowest BCUT2D eigenvalue weighted by Crippen LogP contribution is -2.28. The van der Waals surface area contributed by atoms with Crippen molar-refractivity contribution in [2.75, 3.05) is 11.1 Å². The van der Waals surface area contributed by atoms with Gasteiger partial charge in [-0.25, -0.2) is 4.98 Å². The summed E-state index contributed by atoms with van der Waals surface area (Å²) < 4.78 is 2.26. The highest BCUT2D eigenvalue weighted by molar-refractivity contribution is 9.10. The molecule has 0 radical (unpaired) electrons. The van der Waals surface area contributed by atoms with Gasteiger partial charge >= 0.3 is 0 Å². The van der Waals surface area contributed by atoms with Gasteiger partial charge in [-0.15, -0.1) is 0 Å². The van der Waals surface area contributed by atoms with Gasteiger partial charge in [-0.1, -0.05) is 0 Å². The third-order valence-electron chi connectivity index (χ3n) is 2.74. The number of nitrogens with one attached hydrogen (secondary N) is 1. The van der Waals surface area contributed by atoms with E-state index in [0.29, 0.717) is 26.0 Å². The first kappa shape index (κ1) is 15.7. The zero-order chi connectivity index (χ0) is 15.6. The van der Waals surface area contributed by atoms with E-state index in [4.69, 9.17) is 5.73 Å². The van der Waals surface area contributed by atoms with Crippen molar-refractivity contribution in [3.63, 3.8) is 0 Å². The normalized spacial score (nSPS) is 10.4. The first-order chi connectivity index (χ1) is 9.88. The standard InChI is InChI=1S/C13H12Br2N4O2/c1-7-12(15)13(21)19(6-17-7)5-11(20)18-10-3-2-8(16)4-9(10)14/h2-4,6H,5,16H2,1H3,(H,18,20). The van der Waals surface area contributed by atoms with E-state index in [9.17, 15) is 9.59 Å². The molecule has 3 N–H and O–H groups in total. The predicted octanol–water partition coefficient (Wildman–Crippen LogP) is 2.30. The van der Waals surface area contributed by atoms with E-state index < -0.39 is 0 Å². The molecule has 1 heterocycles. The molecule has 0 saturated carbocycles. The van der Waals surface area contributed by atoms with Crippen LogP contribution in [0.4, 0.5) is 11.4 Å². The summed E-state index contributed by atoms with van der Waals surface area (Å²) in [4.78, 5) is 28.0. The molecule has 0 aliphatic heterocycles. The van der Waals surface area contributed by atoms with Crippen molar-refractivity contribution >= 4 is 49.1 Å². The van der Waals surface area contributed by atoms with Gasteiger partial charge in [0.05, 0.1) is 17.7 Å². The number of nitrogen functional groups attached to an aromatic ring is 1. The van der Waals surface area contributed by atoms with Gasteiger partial charge in [-0.2, -0.15) is 0 Å². The van der Waals surface area contributed by atoms with E-state index in [1.54, 1.807) is 25.1 Å². The number of halogens is 2. The smallest absolute Gasteiger partial charge is 0.268 e. The highest BCUT2D eigenvalue weighted by Crippen LogP contribution is 2.24. The van der Waals surface area contributed by atoms with Gasteiger partial charge in [-0.3, -0.25) is 14.2 Å². The molecular formula is C13H12Br2N4O2. The number of benzene rings is 1. The van der Waals surface area contributed by atoms with Gasteiger partial charge in [0.1, 0.15) is 11.0 Å². The van der Waals surface area contributed by atoms with Gasteiger partial charge in [0.15, 0.2) is 0 Å². The van der Waals surface area contributed by atoms with Crippen LogP contribution in [0.25, 0.3) is 0 Å². The van der Waals surface area contributed by atoms with Crippen molar-refractivity contribution in [3.8, 4) is 0 Å². The molecule has 0 spiro atoms. The minimum atomic E-state index is -0.333. The molecule has 21 heavy (non-hydrogen) atoms. The van der Waals surface area contributed by atoms with Crippen LogP contribution < -0.4 is 16.6 Å². The molecule has 8 heteroatoms. The van der Waals surface area contributed by atoms with Crippen molar-refractivity contribution in [3.05, 3.63) is 49.5 Å². The van der Waals surface area contributed by atoms with Gasteiger partial charge in [0, 0.05) is 10.2 Å². The molecule has 6 nitrogen and oxygen atoms in total. The number of aryl methyl sites for hydroxylation is 1. The zero-order valence-corrected chi connectivity index (χ0v) is 14.2. The van der Waals surface area contributed by atoms with Crippen molar-refractivity contribution in [1.29, 1.82) is 0 Å². The molecule has 0 aliphatic carbocycles. The number of rotatable bonds is 3. The average molecular weight is 416 g/mol. The van der Waals surface area contributed by atoms with Crippen LogP contribution in [0.3, 0.4) is 0 Å². The summed E-state index contributed by atoms with van der Waals surface area (Å²) in [6.07, 6.45) is 1.35. The fourth-order valence-electron chi connectivity index (χ4n) is 1.64. The Labute approximate surface area is 137 Å². The van der Waals surface area contributed by atoms with Crippen molar-refractivity contribution in [2.45, 2.75) is 13.5 Å². The molecule has 1 aromatic heterocycles. The van der Waals surface area contributed by atoms with E-state index in [-0.39, 0.29) is 18.0 Å². The van der Waals surface area contributed by atoms with E-state index in [0.717, 1.165) is 0 Å². The number of aromatic nitrogens is 2. The Morgan fingerprint density at radius 1 is 1.43 bits per heavy atom. The number of carbonyl (C=O) groups is 1. The van der Waals surface area contributed by atoms with E-state index >= 15 is 0 Å². The van der Waals surface area contributed by atoms with E-state index in [2.05, 4.69) is 42.2 Å². The molecule has 0 fully saturated rings. The molecule has 0 bridgehead atoms. The fraction of sp³-hybridized carbons (Fsp3) is 0.154. The van der Waals surface area contributed by atoms with E-state index in [1.807, 2.05) is 0 Å². The summed E-state index contributed by atoms with van der Waals surface area (Å²) in [5.74, 6) is -0.333. The molecule has 0 atom stereocenters. The van der Waals surface area contributed by atoms with Crippen LogP contribution >= 0.6 is 31.9 Å². The lowest BCUT2D eigenvalue weighted by atomic mass is 10.3. The Hall–Kier alpha value is -1.67. The maximum Gasteiger partial charge on any atom is 0.268 e. The Bertz CT molecular complexity index is 758. The summed E-state index contributed by atoms with van der Waals surface area (Å²) in [5, 5.41) is 2.70. The van der Waals surface area contributed by atoms with Crippen molar-refractivity contribution in [2.24, 2.45) is 0 Å². The molecular weight excluding hydrogens is 404 g/mol. The minimum absolute atomic E-state index is 0.123. The molecule has 2 rings (SSSR count). The number of amides is 1. The second kappa shape index (κ2) is 6.40. The monoisotopic (exact) mass is 414 g/mol. The molecule has 110 valence electrons. The fourth-order valence-corrected chi connectivity index (χ4v) is 2.46. The third-order valence-corrected chi connectivity index (χ3v) is 4.31. The number of nitrogens with two attached hydrogens (primary N) is 1. The molecule has 0 saturated heterocycles. The maximum atomic E-state index is 12.0.